The highest BCUT2D eigenvalue weighted by Gasteiger charge is 2.68. The molecule has 0 heterocycles. The molecule has 33 aliphatic carbocycles. The first-order chi connectivity index (χ1) is 65.5. The van der Waals surface area contributed by atoms with Crippen LogP contribution in [0.3, 0.4) is 0 Å². The molecule has 0 N–H and O–H groups in total. The van der Waals surface area contributed by atoms with Crippen molar-refractivity contribution in [1.82, 2.24) is 0 Å². The van der Waals surface area contributed by atoms with Gasteiger partial charge in [0.25, 0.3) is 0 Å². The van der Waals surface area contributed by atoms with Gasteiger partial charge < -0.3 is 28.4 Å². The molecule has 12 nitrogen and oxygen atoms in total. The zero-order valence-electron chi connectivity index (χ0n) is 89.5. The highest BCUT2D eigenvalue weighted by atomic mass is 16.6. The Morgan fingerprint density at radius 1 is 0.241 bits per heavy atom. The van der Waals surface area contributed by atoms with E-state index in [9.17, 15) is 28.8 Å². The molecule has 0 aromatic carbocycles. The fourth-order valence-corrected chi connectivity index (χ4v) is 46.0. The molecule has 33 rings (SSSR count). The smallest absolute Gasteiger partial charge is 0.309 e. The van der Waals surface area contributed by atoms with Gasteiger partial charge in [-0.15, -0.1) is 0 Å². The minimum atomic E-state index is -0.138. The Hall–Kier alpha value is -3.18. The van der Waals surface area contributed by atoms with Gasteiger partial charge in [0.15, 0.2) is 0 Å². The molecule has 0 amide bonds. The minimum Gasteiger partial charge on any atom is -0.469 e. The maximum Gasteiger partial charge on any atom is 0.309 e. The lowest BCUT2D eigenvalue weighted by atomic mass is 9.50. The predicted octanol–water partition coefficient (Wildman–Crippen LogP) is 28.1. The van der Waals surface area contributed by atoms with E-state index in [1.165, 1.54) is 227 Å². The SMILES string of the molecule is C1CC2C3CCC(C3)C2C1.C1CC2CC1C1C3CCC(C3)C21.CC1C2CC(C(=O)OC3(C)C4CC5CC(C4)CC3C5)C(C2)C1C.CC1C2CC(C(=O)OC34CC5CC(CC(C5)C3)C4)C(C2)C1C.CC1C2CC(C(=O)OC3C4CC5CC(C4)CC3C5)C(C2)C1C.CC1C2CC(C(=O)OC3CC4CCC3(C)C4(C)C)C(C2)C1C.COC(=O)C1CC2CC1C(C)C2C.COC(=O)C1CC2CC1C(C)C2C. The lowest BCUT2D eigenvalue weighted by Gasteiger charge is -2.59. The first-order valence-electron chi connectivity index (χ1n) is 60.5. The molecule has 33 fully saturated rings. The number of hydrogen-bond acceptors (Lipinski definition) is 12. The van der Waals surface area contributed by atoms with Crippen molar-refractivity contribution in [1.29, 1.82) is 0 Å². The van der Waals surface area contributed by atoms with Crippen molar-refractivity contribution in [3.63, 3.8) is 0 Å². The summed E-state index contributed by atoms with van der Waals surface area (Å²) in [6.45, 7) is 37.6. The van der Waals surface area contributed by atoms with E-state index in [0.717, 1.165) is 169 Å². The van der Waals surface area contributed by atoms with Crippen molar-refractivity contribution >= 4 is 35.8 Å². The lowest BCUT2D eigenvalue weighted by molar-refractivity contribution is -0.209. The normalized spacial score (nSPS) is 56.6. The van der Waals surface area contributed by atoms with E-state index in [2.05, 4.69) is 111 Å². The van der Waals surface area contributed by atoms with Crippen molar-refractivity contribution in [3.05, 3.63) is 0 Å². The van der Waals surface area contributed by atoms with Gasteiger partial charge in [0.05, 0.1) is 49.7 Å². The summed E-state index contributed by atoms with van der Waals surface area (Å²) < 4.78 is 34.8. The van der Waals surface area contributed by atoms with Crippen LogP contribution in [-0.2, 0) is 57.2 Å². The number of hydrogen-bond donors (Lipinski definition) is 0. The van der Waals surface area contributed by atoms with Crippen molar-refractivity contribution in [2.75, 3.05) is 14.2 Å². The molecule has 33 aliphatic rings. The number of rotatable bonds is 10. The third-order valence-corrected chi connectivity index (χ3v) is 54.3. The highest BCUT2D eigenvalue weighted by molar-refractivity contribution is 5.77. The van der Waals surface area contributed by atoms with Crippen LogP contribution in [0.1, 0.15) is 387 Å². The molecule has 41 unspecified atom stereocenters. The predicted molar refractivity (Wildman–Crippen MR) is 537 cm³/mol. The van der Waals surface area contributed by atoms with E-state index < -0.39 is 0 Å². The second-order valence-corrected chi connectivity index (χ2v) is 59.1. The van der Waals surface area contributed by atoms with Crippen molar-refractivity contribution in [2.24, 2.45) is 319 Å². The maximum atomic E-state index is 13.1. The van der Waals surface area contributed by atoms with Gasteiger partial charge in [0.2, 0.25) is 0 Å². The molecular formula is C125H194O12. The zero-order valence-corrected chi connectivity index (χ0v) is 89.5. The molecule has 32 bridgehead atoms. The Balaban J connectivity index is 0.0000000892. The van der Waals surface area contributed by atoms with Crippen LogP contribution in [0.5, 0.6) is 0 Å². The summed E-state index contributed by atoms with van der Waals surface area (Å²) in [5.74, 6) is 41.3. The Bertz CT molecular complexity index is 4190. The van der Waals surface area contributed by atoms with Gasteiger partial charge in [0.1, 0.15) is 23.4 Å². The molecule has 0 radical (unpaired) electrons. The molecule has 137 heavy (non-hydrogen) atoms. The lowest BCUT2D eigenvalue weighted by Crippen LogP contribution is -2.58. The van der Waals surface area contributed by atoms with Gasteiger partial charge in [-0.3, -0.25) is 28.8 Å². The van der Waals surface area contributed by atoms with Crippen LogP contribution in [0, 0.1) is 319 Å². The number of carbonyl (C=O) groups excluding carboxylic acids is 6. The first-order valence-corrected chi connectivity index (χ1v) is 60.5. The highest BCUT2D eigenvalue weighted by Crippen LogP contribution is 2.72. The summed E-state index contributed by atoms with van der Waals surface area (Å²) in [6, 6.07) is 0. The van der Waals surface area contributed by atoms with Crippen LogP contribution >= 0.6 is 0 Å². The van der Waals surface area contributed by atoms with Crippen molar-refractivity contribution < 1.29 is 57.2 Å². The molecule has 0 spiro atoms. The molecule has 41 atom stereocenters. The van der Waals surface area contributed by atoms with Gasteiger partial charge in [-0.25, -0.2) is 0 Å². The molecule has 766 valence electrons. The third kappa shape index (κ3) is 16.6. The average Bonchev–Trinajstić information content (AvgIpc) is 1.43. The van der Waals surface area contributed by atoms with Crippen molar-refractivity contribution in [2.45, 2.75) is 410 Å². The summed E-state index contributed by atoms with van der Waals surface area (Å²) in [5.41, 5.74) is 0.349. The quantitative estimate of drug-likeness (QED) is 0.116. The monoisotopic (exact) mass is 1890 g/mol. The summed E-state index contributed by atoms with van der Waals surface area (Å²) in [5, 5.41) is 0. The fourth-order valence-electron chi connectivity index (χ4n) is 46.0. The Labute approximate surface area is 831 Å². The number of fused-ring (bicyclic) bond motifs is 28. The van der Waals surface area contributed by atoms with Crippen LogP contribution in [0.2, 0.25) is 0 Å². The number of carbonyl (C=O) groups is 6. The van der Waals surface area contributed by atoms with E-state index in [0.29, 0.717) is 94.2 Å². The second-order valence-electron chi connectivity index (χ2n) is 59.1. The molecule has 12 heteroatoms. The van der Waals surface area contributed by atoms with Gasteiger partial charge in [0, 0.05) is 5.41 Å². The van der Waals surface area contributed by atoms with Crippen LogP contribution in [0.4, 0.5) is 0 Å². The number of esters is 6. The molecular weight excluding hydrogens is 1690 g/mol. The summed E-state index contributed by atoms with van der Waals surface area (Å²) in [4.78, 5) is 74.6. The molecule has 0 aromatic rings. The van der Waals surface area contributed by atoms with Gasteiger partial charge in [-0.2, -0.15) is 0 Å². The maximum absolute atomic E-state index is 13.1. The largest absolute Gasteiger partial charge is 0.469 e. The van der Waals surface area contributed by atoms with Crippen LogP contribution in [0.15, 0.2) is 0 Å². The zero-order chi connectivity index (χ0) is 95.3. The van der Waals surface area contributed by atoms with Crippen LogP contribution in [0.25, 0.3) is 0 Å². The number of ether oxygens (including phenoxy) is 6. The summed E-state index contributed by atoms with van der Waals surface area (Å²) >= 11 is 0. The molecule has 33 saturated carbocycles. The van der Waals surface area contributed by atoms with E-state index in [4.69, 9.17) is 28.4 Å². The fraction of sp³-hybridized carbons (Fsp3) is 0.952. The minimum absolute atomic E-state index is 0.0197. The van der Waals surface area contributed by atoms with Gasteiger partial charge in [-0.1, -0.05) is 110 Å². The third-order valence-electron chi connectivity index (χ3n) is 54.3. The van der Waals surface area contributed by atoms with E-state index >= 15 is 0 Å². The topological polar surface area (TPSA) is 158 Å². The Morgan fingerprint density at radius 3 is 0.854 bits per heavy atom. The standard InChI is InChI=1S/C21H32O2.2C20H30O2.C20H32O2.C12H18.2C11H18O2.C10H16/c1-11-12(2)18-9-15(11)10-19(18)20(22)23-21(3)16-5-13-4-14(7-16)8-17(21)6-13;1-11-12(2)17-6-16(11)7-18(17)19(21)22-20-8-13-3-14(9-20)5-15(4-13)10-20;1-10-11(2)17-8-14(10)9-18(17)20(21)22-19-15-4-12-3-13(6-15)7-16(19)5-12;1-11-12(2)15-8-13(11)9-16(15)18(21)22-17-10-14-6-7-20(17,5)19(14,3)4;1-2-8-5-7(1)11-9-3-4-10(6-9)12(8)11;2*1-6-7(2)9-4-8(6)5-10(9)11(12)13-3;1-2-9-7-4-5-8(6-7)10(9)3-1/h11-19H,4-10H2,1-3H3;11-18H,3-10H2,1-2H3;10-19H,3-9H2,1-2H3;11-17H,6-10H2,1-5H3;7-12H,1-6H2;2*6-10H,4-5H2,1-3H3;7-10H,1-6H2. The average molecular weight is 1890 g/mol. The Morgan fingerprint density at radius 2 is 0.540 bits per heavy atom. The number of methoxy groups -OCH3 is 2. The molecule has 0 saturated heterocycles. The van der Waals surface area contributed by atoms with Crippen LogP contribution in [-0.4, -0.2) is 73.4 Å². The molecule has 0 aliphatic heterocycles. The van der Waals surface area contributed by atoms with Gasteiger partial charge in [-0.05, 0) is 554 Å². The van der Waals surface area contributed by atoms with E-state index in [1.807, 2.05) is 0 Å². The van der Waals surface area contributed by atoms with E-state index in [1.54, 1.807) is 77.0 Å². The van der Waals surface area contributed by atoms with Crippen molar-refractivity contribution in [3.8, 4) is 0 Å². The first kappa shape index (κ1) is 97.2. The molecule has 0 aromatic heterocycles. The summed E-state index contributed by atoms with van der Waals surface area (Å²) in [6.07, 6.45) is 58.9. The van der Waals surface area contributed by atoms with Crippen LogP contribution < -0.4 is 0 Å². The Kier molecular flexibility index (Phi) is 26.2. The van der Waals surface area contributed by atoms with E-state index in [-0.39, 0.29) is 100 Å². The van der Waals surface area contributed by atoms with Gasteiger partial charge >= 0.3 is 35.8 Å². The second kappa shape index (κ2) is 37.0. The summed E-state index contributed by atoms with van der Waals surface area (Å²) in [7, 11) is 3.00.